The molecule has 3 fully saturated rings. The summed E-state index contributed by atoms with van der Waals surface area (Å²) in [6.45, 7) is 7.96. The molecular weight excluding hydrogens is 715 g/mol. The van der Waals surface area contributed by atoms with Crippen LogP contribution < -0.4 is 19.5 Å². The Hall–Kier alpha value is -3.50. The van der Waals surface area contributed by atoms with Gasteiger partial charge in [-0.25, -0.2) is 0 Å². The van der Waals surface area contributed by atoms with Crippen molar-refractivity contribution in [1.82, 2.24) is 10.2 Å². The molecule has 4 atom stereocenters. The van der Waals surface area contributed by atoms with Gasteiger partial charge in [-0.15, -0.1) is 0 Å². The van der Waals surface area contributed by atoms with Crippen LogP contribution in [0.3, 0.4) is 0 Å². The van der Waals surface area contributed by atoms with E-state index in [1.54, 1.807) is 7.11 Å². The summed E-state index contributed by atoms with van der Waals surface area (Å²) in [7, 11) is 1.72. The molecule has 0 unspecified atom stereocenters. The first-order chi connectivity index (χ1) is 25.7. The van der Waals surface area contributed by atoms with Gasteiger partial charge in [-0.1, -0.05) is 41.4 Å². The second-order valence-electron chi connectivity index (χ2n) is 14.5. The first-order valence-electron chi connectivity index (χ1n) is 19.0. The summed E-state index contributed by atoms with van der Waals surface area (Å²) in [4.78, 5) is 28.8. The molecule has 0 bridgehead atoms. The molecule has 1 aliphatic heterocycles. The quantitative estimate of drug-likeness (QED) is 0.0976. The predicted molar refractivity (Wildman–Crippen MR) is 206 cm³/mol. The number of piperidine rings is 1. The molecule has 286 valence electrons. The molecule has 6 rings (SSSR count). The van der Waals surface area contributed by atoms with Crippen LogP contribution in [0.1, 0.15) is 67.2 Å². The maximum atomic E-state index is 14.5. The molecule has 9 nitrogen and oxygen atoms in total. The third-order valence-electron chi connectivity index (χ3n) is 10.3. The summed E-state index contributed by atoms with van der Waals surface area (Å²) < 4.78 is 28.6. The van der Waals surface area contributed by atoms with E-state index in [9.17, 15) is 9.59 Å². The smallest absolute Gasteiger partial charge is 0.309 e. The van der Waals surface area contributed by atoms with E-state index >= 15 is 0 Å². The zero-order valence-electron chi connectivity index (χ0n) is 31.0. The molecule has 3 aromatic rings. The number of esters is 1. The molecule has 1 N–H and O–H groups in total. The molecule has 11 heteroatoms. The lowest BCUT2D eigenvalue weighted by Crippen LogP contribution is -2.47. The van der Waals surface area contributed by atoms with Gasteiger partial charge in [0.1, 0.15) is 24.7 Å². The van der Waals surface area contributed by atoms with Gasteiger partial charge in [0, 0.05) is 38.8 Å². The first-order valence-corrected chi connectivity index (χ1v) is 19.7. The van der Waals surface area contributed by atoms with Crippen LogP contribution in [0, 0.1) is 24.7 Å². The molecule has 0 aromatic heterocycles. The second kappa shape index (κ2) is 18.7. The van der Waals surface area contributed by atoms with Crippen LogP contribution in [0.15, 0.2) is 54.6 Å². The Morgan fingerprint density at radius 3 is 2.32 bits per heavy atom. The average molecular weight is 768 g/mol. The van der Waals surface area contributed by atoms with Crippen molar-refractivity contribution in [3.8, 4) is 17.2 Å². The van der Waals surface area contributed by atoms with Gasteiger partial charge in [-0.05, 0) is 123 Å². The summed E-state index contributed by atoms with van der Waals surface area (Å²) in [5.74, 6) is 2.05. The second-order valence-corrected chi connectivity index (χ2v) is 15.3. The SMILES string of the molecule is CCOC(=O)[C@H]1C[C@H]1COc1cc(CCCOC)cc(CN(C(=O)[C@@H]2CNCC[C@H]2c2ccc(OCCOc3c(Cl)cc(C)cc3Cl)cc2)C2CC2)c1. The predicted octanol–water partition coefficient (Wildman–Crippen LogP) is 7.80. The van der Waals surface area contributed by atoms with Crippen molar-refractivity contribution in [1.29, 1.82) is 0 Å². The van der Waals surface area contributed by atoms with E-state index in [0.29, 0.717) is 61.9 Å². The third kappa shape index (κ3) is 10.8. The van der Waals surface area contributed by atoms with Gasteiger partial charge >= 0.3 is 5.97 Å². The fourth-order valence-corrected chi connectivity index (χ4v) is 7.99. The Morgan fingerprint density at radius 2 is 1.60 bits per heavy atom. The maximum absolute atomic E-state index is 14.5. The van der Waals surface area contributed by atoms with Gasteiger partial charge in [-0.3, -0.25) is 9.59 Å². The molecule has 0 radical (unpaired) electrons. The van der Waals surface area contributed by atoms with Crippen LogP contribution in [-0.4, -0.2) is 76.1 Å². The van der Waals surface area contributed by atoms with E-state index in [-0.39, 0.29) is 41.6 Å². The topological polar surface area (TPSA) is 95.6 Å². The number of hydrogen-bond donors (Lipinski definition) is 1. The molecule has 2 aliphatic carbocycles. The van der Waals surface area contributed by atoms with E-state index in [1.165, 1.54) is 0 Å². The number of carbonyl (C=O) groups is 2. The Labute approximate surface area is 323 Å². The van der Waals surface area contributed by atoms with E-state index in [4.69, 9.17) is 46.9 Å². The van der Waals surface area contributed by atoms with Crippen LogP contribution >= 0.6 is 23.2 Å². The molecule has 0 spiro atoms. The zero-order chi connectivity index (χ0) is 37.3. The van der Waals surface area contributed by atoms with Gasteiger partial charge < -0.3 is 33.9 Å². The molecule has 3 aromatic carbocycles. The minimum absolute atomic E-state index is 0.0767. The van der Waals surface area contributed by atoms with Crippen molar-refractivity contribution in [3.63, 3.8) is 0 Å². The Bertz CT molecular complexity index is 1680. The number of nitrogens with one attached hydrogen (secondary N) is 1. The number of methoxy groups -OCH3 is 1. The largest absolute Gasteiger partial charge is 0.493 e. The number of rotatable bonds is 19. The standard InChI is InChI=1S/C42H52Cl2N2O7/c1-4-50-42(48)36-23-31(36)26-53-34-21-28(6-5-15-49-3)20-29(22-34)25-46(32-9-10-32)41(47)37-24-45-14-13-35(37)30-7-11-33(12-8-30)51-16-17-52-40-38(43)18-27(2)19-39(40)44/h7-8,11-12,18-22,31-32,35-37,45H,4-6,9-10,13-17,23-26H2,1-3H3/t31-,35-,36-,37+/m0/s1. The number of aryl methyl sites for hydroxylation is 2. The van der Waals surface area contributed by atoms with Gasteiger partial charge in [0.15, 0.2) is 5.75 Å². The maximum Gasteiger partial charge on any atom is 0.309 e. The number of benzene rings is 3. The third-order valence-corrected chi connectivity index (χ3v) is 10.8. The van der Waals surface area contributed by atoms with Crippen molar-refractivity contribution in [3.05, 3.63) is 86.9 Å². The Morgan fingerprint density at radius 1 is 0.868 bits per heavy atom. The average Bonchev–Trinajstić information content (AvgIpc) is 4.09. The lowest BCUT2D eigenvalue weighted by molar-refractivity contribution is -0.145. The summed E-state index contributed by atoms with van der Waals surface area (Å²) >= 11 is 12.6. The Balaban J connectivity index is 1.09. The van der Waals surface area contributed by atoms with Crippen molar-refractivity contribution in [2.45, 2.75) is 70.9 Å². The van der Waals surface area contributed by atoms with Crippen LogP contribution in [-0.2, 0) is 32.0 Å². The lowest BCUT2D eigenvalue weighted by Gasteiger charge is -2.36. The van der Waals surface area contributed by atoms with E-state index in [1.807, 2.05) is 38.1 Å². The molecule has 1 heterocycles. The summed E-state index contributed by atoms with van der Waals surface area (Å²) in [6.07, 6.45) is 5.45. The number of halogens is 2. The van der Waals surface area contributed by atoms with Gasteiger partial charge in [0.25, 0.3) is 0 Å². The summed E-state index contributed by atoms with van der Waals surface area (Å²) in [5.41, 5.74) is 4.33. The zero-order valence-corrected chi connectivity index (χ0v) is 32.6. The minimum atomic E-state index is -0.177. The highest BCUT2D eigenvalue weighted by Crippen LogP contribution is 2.41. The molecule has 1 saturated heterocycles. The highest BCUT2D eigenvalue weighted by Gasteiger charge is 2.45. The van der Waals surface area contributed by atoms with Crippen LogP contribution in [0.5, 0.6) is 17.2 Å². The van der Waals surface area contributed by atoms with Crippen molar-refractivity contribution in [2.75, 3.05) is 53.2 Å². The first kappa shape index (κ1) is 39.2. The van der Waals surface area contributed by atoms with Crippen LogP contribution in [0.25, 0.3) is 0 Å². The van der Waals surface area contributed by atoms with E-state index < -0.39 is 0 Å². The highest BCUT2D eigenvalue weighted by molar-refractivity contribution is 6.37. The molecular formula is C42H52Cl2N2O7. The number of hydrogen-bond acceptors (Lipinski definition) is 8. The van der Waals surface area contributed by atoms with Crippen molar-refractivity contribution in [2.24, 2.45) is 17.8 Å². The number of ether oxygens (including phenoxy) is 5. The summed E-state index contributed by atoms with van der Waals surface area (Å²) in [5, 5.41) is 4.45. The number of carbonyl (C=O) groups excluding carboxylic acids is 2. The van der Waals surface area contributed by atoms with Gasteiger partial charge in [-0.2, -0.15) is 0 Å². The van der Waals surface area contributed by atoms with Crippen LogP contribution in [0.4, 0.5) is 0 Å². The Kier molecular flexibility index (Phi) is 13.8. The van der Waals surface area contributed by atoms with E-state index in [0.717, 1.165) is 78.8 Å². The molecule has 2 saturated carbocycles. The normalized spacial score (nSPS) is 20.8. The molecule has 53 heavy (non-hydrogen) atoms. The van der Waals surface area contributed by atoms with Gasteiger partial charge in [0.2, 0.25) is 5.91 Å². The summed E-state index contributed by atoms with van der Waals surface area (Å²) in [6, 6.07) is 18.3. The van der Waals surface area contributed by atoms with Crippen LogP contribution in [0.2, 0.25) is 10.0 Å². The number of nitrogens with zero attached hydrogens (tertiary/aromatic N) is 1. The fourth-order valence-electron chi connectivity index (χ4n) is 7.28. The van der Waals surface area contributed by atoms with Gasteiger partial charge in [0.05, 0.1) is 35.1 Å². The fraction of sp³-hybridized carbons (Fsp3) is 0.524. The highest BCUT2D eigenvalue weighted by atomic mass is 35.5. The van der Waals surface area contributed by atoms with E-state index in [2.05, 4.69) is 40.5 Å². The molecule has 3 aliphatic rings. The number of amides is 1. The minimum Gasteiger partial charge on any atom is -0.493 e. The van der Waals surface area contributed by atoms with Crippen molar-refractivity contribution < 1.29 is 33.3 Å². The molecule has 1 amide bonds. The monoisotopic (exact) mass is 766 g/mol. The van der Waals surface area contributed by atoms with Crippen molar-refractivity contribution >= 4 is 35.1 Å². The lowest BCUT2D eigenvalue weighted by atomic mass is 9.80.